The van der Waals surface area contributed by atoms with Crippen LogP contribution >= 0.6 is 0 Å². The van der Waals surface area contributed by atoms with Crippen LogP contribution in [0.15, 0.2) is 23.8 Å². The number of fused-ring (bicyclic) bond motifs is 2. The quantitative estimate of drug-likeness (QED) is 0.456. The van der Waals surface area contributed by atoms with E-state index in [4.69, 9.17) is 0 Å². The molecule has 1 heteroatoms. The van der Waals surface area contributed by atoms with E-state index in [9.17, 15) is 0 Å². The lowest BCUT2D eigenvalue weighted by atomic mass is 10.0. The van der Waals surface area contributed by atoms with Gasteiger partial charge in [0, 0.05) is 12.1 Å². The highest BCUT2D eigenvalue weighted by atomic mass is 15.2. The van der Waals surface area contributed by atoms with Gasteiger partial charge in [0.2, 0.25) is 0 Å². The van der Waals surface area contributed by atoms with E-state index in [1.807, 2.05) is 0 Å². The Morgan fingerprint density at radius 1 is 1.50 bits per heavy atom. The van der Waals surface area contributed by atoms with Gasteiger partial charge in [-0.2, -0.15) is 0 Å². The van der Waals surface area contributed by atoms with Crippen LogP contribution in [0.25, 0.3) is 0 Å². The summed E-state index contributed by atoms with van der Waals surface area (Å²) in [6.45, 7) is 2.22. The average molecular weight is 135 g/mol. The van der Waals surface area contributed by atoms with Crippen molar-refractivity contribution in [2.24, 2.45) is 0 Å². The lowest BCUT2D eigenvalue weighted by Crippen LogP contribution is -2.35. The first-order valence-electron chi connectivity index (χ1n) is 3.85. The summed E-state index contributed by atoms with van der Waals surface area (Å²) in [5.74, 6) is 0. The molecule has 2 atom stereocenters. The molecule has 0 fully saturated rings. The molecule has 0 saturated heterocycles. The van der Waals surface area contributed by atoms with Crippen LogP contribution in [0.1, 0.15) is 13.3 Å². The summed E-state index contributed by atoms with van der Waals surface area (Å²) in [6, 6.07) is 1.29. The highest BCUT2D eigenvalue weighted by molar-refractivity contribution is 5.26. The van der Waals surface area contributed by atoms with Crippen LogP contribution in [0, 0.1) is 0 Å². The molecule has 0 N–H and O–H groups in total. The van der Waals surface area contributed by atoms with Gasteiger partial charge >= 0.3 is 0 Å². The third kappa shape index (κ3) is 0.739. The van der Waals surface area contributed by atoms with Crippen LogP contribution in [-0.2, 0) is 0 Å². The predicted molar refractivity (Wildman–Crippen MR) is 42.9 cm³/mol. The van der Waals surface area contributed by atoms with Gasteiger partial charge in [0.1, 0.15) is 0 Å². The fraction of sp³-hybridized carbons (Fsp3) is 0.556. The SMILES string of the molecule is CC1=CC2C=CC(C1)N2C. The van der Waals surface area contributed by atoms with Gasteiger partial charge in [-0.1, -0.05) is 23.8 Å². The molecule has 2 heterocycles. The Balaban J connectivity index is 2.30. The third-order valence-electron chi connectivity index (χ3n) is 2.51. The first-order chi connectivity index (χ1) is 4.77. The maximum absolute atomic E-state index is 2.41. The van der Waals surface area contributed by atoms with Gasteiger partial charge in [0.05, 0.1) is 0 Å². The molecule has 2 bridgehead atoms. The molecule has 2 aliphatic heterocycles. The van der Waals surface area contributed by atoms with E-state index in [0.717, 1.165) is 0 Å². The standard InChI is InChI=1S/C9H13N/c1-7-5-8-3-4-9(6-7)10(8)2/h3-5,8-9H,6H2,1-2H3. The zero-order chi connectivity index (χ0) is 7.14. The van der Waals surface area contributed by atoms with Crippen molar-refractivity contribution in [2.45, 2.75) is 25.4 Å². The molecular formula is C9H13N. The summed E-state index contributed by atoms with van der Waals surface area (Å²) in [5, 5.41) is 0. The van der Waals surface area contributed by atoms with Gasteiger partial charge < -0.3 is 0 Å². The molecular weight excluding hydrogens is 122 g/mol. The van der Waals surface area contributed by atoms with Crippen LogP contribution in [-0.4, -0.2) is 24.0 Å². The second-order valence-corrected chi connectivity index (χ2v) is 3.33. The zero-order valence-corrected chi connectivity index (χ0v) is 6.54. The Bertz CT molecular complexity index is 203. The van der Waals surface area contributed by atoms with Crippen molar-refractivity contribution in [2.75, 3.05) is 7.05 Å². The Labute approximate surface area is 62.0 Å². The Kier molecular flexibility index (Phi) is 1.21. The van der Waals surface area contributed by atoms with Crippen LogP contribution in [0.3, 0.4) is 0 Å². The van der Waals surface area contributed by atoms with Gasteiger partial charge in [0.15, 0.2) is 0 Å². The number of nitrogens with zero attached hydrogens (tertiary/aromatic N) is 1. The summed E-state index contributed by atoms with van der Waals surface area (Å²) >= 11 is 0. The van der Waals surface area contributed by atoms with Gasteiger partial charge in [-0.3, -0.25) is 4.90 Å². The molecule has 0 aliphatic carbocycles. The maximum Gasteiger partial charge on any atom is 0.0467 e. The topological polar surface area (TPSA) is 3.24 Å². The normalized spacial score (nSPS) is 38.4. The van der Waals surface area contributed by atoms with Gasteiger partial charge in [-0.25, -0.2) is 0 Å². The summed E-state index contributed by atoms with van der Waals surface area (Å²) in [6.07, 6.45) is 8.18. The predicted octanol–water partition coefficient (Wildman–Crippen LogP) is 1.58. The Hall–Kier alpha value is -0.560. The number of hydrogen-bond donors (Lipinski definition) is 0. The molecule has 54 valence electrons. The molecule has 0 aromatic heterocycles. The summed E-state index contributed by atoms with van der Waals surface area (Å²) in [7, 11) is 2.19. The molecule has 2 aliphatic rings. The monoisotopic (exact) mass is 135 g/mol. The van der Waals surface area contributed by atoms with Crippen LogP contribution < -0.4 is 0 Å². The van der Waals surface area contributed by atoms with E-state index >= 15 is 0 Å². The first kappa shape index (κ1) is 6.17. The van der Waals surface area contributed by atoms with Crippen molar-refractivity contribution in [1.29, 1.82) is 0 Å². The third-order valence-corrected chi connectivity index (χ3v) is 2.51. The molecule has 10 heavy (non-hydrogen) atoms. The molecule has 0 amide bonds. The zero-order valence-electron chi connectivity index (χ0n) is 6.54. The van der Waals surface area contributed by atoms with E-state index in [1.54, 1.807) is 0 Å². The molecule has 2 rings (SSSR count). The van der Waals surface area contributed by atoms with E-state index in [2.05, 4.69) is 37.1 Å². The Morgan fingerprint density at radius 3 is 3.00 bits per heavy atom. The Morgan fingerprint density at radius 2 is 2.30 bits per heavy atom. The van der Waals surface area contributed by atoms with Crippen molar-refractivity contribution in [3.05, 3.63) is 23.8 Å². The minimum absolute atomic E-state index is 0.596. The average Bonchev–Trinajstić information content (AvgIpc) is 2.20. The largest absolute Gasteiger partial charge is 0.290 e. The maximum atomic E-state index is 2.41. The van der Waals surface area contributed by atoms with Crippen LogP contribution in [0.5, 0.6) is 0 Å². The molecule has 0 radical (unpaired) electrons. The van der Waals surface area contributed by atoms with E-state index in [-0.39, 0.29) is 0 Å². The summed E-state index contributed by atoms with van der Waals surface area (Å²) < 4.78 is 0. The highest BCUT2D eigenvalue weighted by Gasteiger charge is 2.27. The van der Waals surface area contributed by atoms with Gasteiger partial charge in [0.25, 0.3) is 0 Å². The summed E-state index contributed by atoms with van der Waals surface area (Å²) in [5.41, 5.74) is 1.54. The first-order valence-corrected chi connectivity index (χ1v) is 3.85. The molecule has 0 aromatic rings. The lowest BCUT2D eigenvalue weighted by Gasteiger charge is -2.29. The number of likely N-dealkylation sites (N-methyl/N-ethyl adjacent to an activating group) is 1. The second kappa shape index (κ2) is 1.96. The van der Waals surface area contributed by atoms with E-state index in [0.29, 0.717) is 12.1 Å². The van der Waals surface area contributed by atoms with Crippen LogP contribution in [0.2, 0.25) is 0 Å². The molecule has 0 saturated carbocycles. The minimum Gasteiger partial charge on any atom is -0.290 e. The second-order valence-electron chi connectivity index (χ2n) is 3.33. The van der Waals surface area contributed by atoms with Crippen LogP contribution in [0.4, 0.5) is 0 Å². The minimum atomic E-state index is 0.596. The van der Waals surface area contributed by atoms with Crippen molar-refractivity contribution >= 4 is 0 Å². The fourth-order valence-electron chi connectivity index (χ4n) is 1.81. The summed E-state index contributed by atoms with van der Waals surface area (Å²) in [4.78, 5) is 2.41. The van der Waals surface area contributed by atoms with Gasteiger partial charge in [-0.05, 0) is 20.4 Å². The van der Waals surface area contributed by atoms with E-state index in [1.165, 1.54) is 12.0 Å². The van der Waals surface area contributed by atoms with Crippen molar-refractivity contribution in [3.63, 3.8) is 0 Å². The van der Waals surface area contributed by atoms with Crippen molar-refractivity contribution in [3.8, 4) is 0 Å². The lowest BCUT2D eigenvalue weighted by molar-refractivity contribution is 0.273. The van der Waals surface area contributed by atoms with E-state index < -0.39 is 0 Å². The van der Waals surface area contributed by atoms with Crippen molar-refractivity contribution in [1.82, 2.24) is 4.90 Å². The molecule has 1 nitrogen and oxygen atoms in total. The molecule has 0 spiro atoms. The smallest absolute Gasteiger partial charge is 0.0467 e. The fourth-order valence-corrected chi connectivity index (χ4v) is 1.81. The molecule has 0 aromatic carbocycles. The molecule has 2 unspecified atom stereocenters. The highest BCUT2D eigenvalue weighted by Crippen LogP contribution is 2.27. The number of hydrogen-bond acceptors (Lipinski definition) is 1. The van der Waals surface area contributed by atoms with Gasteiger partial charge in [-0.15, -0.1) is 0 Å². The number of rotatable bonds is 0. The van der Waals surface area contributed by atoms with Crippen molar-refractivity contribution < 1.29 is 0 Å².